The molecule has 0 aliphatic carbocycles. The number of hydrogen-bond donors (Lipinski definition) is 0. The maximum atomic E-state index is 11.9. The molecule has 2 atom stereocenters. The van der Waals surface area contributed by atoms with Gasteiger partial charge < -0.3 is 0 Å². The summed E-state index contributed by atoms with van der Waals surface area (Å²) in [7, 11) is -3.38. The standard InChI is InChI=1S/C11H16N2O2S/c1-4-9(2)10(3)8-16(14,15)11-12-6-5-7-13-11/h4-7,9-10H,1,8H2,2-3H3. The third-order valence-corrected chi connectivity index (χ3v) is 4.30. The molecule has 0 saturated carbocycles. The zero-order chi connectivity index (χ0) is 12.2. The van der Waals surface area contributed by atoms with Gasteiger partial charge in [0, 0.05) is 12.4 Å². The second-order valence-corrected chi connectivity index (χ2v) is 5.81. The summed E-state index contributed by atoms with van der Waals surface area (Å²) in [6, 6.07) is 1.59. The van der Waals surface area contributed by atoms with Gasteiger partial charge in [0.2, 0.25) is 15.0 Å². The Hall–Kier alpha value is -1.23. The predicted molar refractivity (Wildman–Crippen MR) is 62.6 cm³/mol. The van der Waals surface area contributed by atoms with Gasteiger partial charge in [0.25, 0.3) is 0 Å². The van der Waals surface area contributed by atoms with Crippen LogP contribution in [0.2, 0.25) is 0 Å². The first-order chi connectivity index (χ1) is 7.47. The van der Waals surface area contributed by atoms with E-state index in [-0.39, 0.29) is 22.7 Å². The van der Waals surface area contributed by atoms with Crippen LogP contribution in [0.15, 0.2) is 36.3 Å². The molecule has 4 nitrogen and oxygen atoms in total. The maximum Gasteiger partial charge on any atom is 0.247 e. The number of aromatic nitrogens is 2. The Morgan fingerprint density at radius 2 is 1.94 bits per heavy atom. The van der Waals surface area contributed by atoms with E-state index in [4.69, 9.17) is 0 Å². The number of allylic oxidation sites excluding steroid dienone is 1. The van der Waals surface area contributed by atoms with Crippen LogP contribution in [0.3, 0.4) is 0 Å². The van der Waals surface area contributed by atoms with E-state index >= 15 is 0 Å². The summed E-state index contributed by atoms with van der Waals surface area (Å²) in [6.07, 6.45) is 4.62. The molecule has 0 aromatic carbocycles. The van der Waals surface area contributed by atoms with Crippen molar-refractivity contribution in [3.8, 4) is 0 Å². The van der Waals surface area contributed by atoms with Gasteiger partial charge in [-0.25, -0.2) is 18.4 Å². The van der Waals surface area contributed by atoms with Crippen LogP contribution in [0.25, 0.3) is 0 Å². The van der Waals surface area contributed by atoms with E-state index in [1.54, 1.807) is 12.1 Å². The molecule has 1 aromatic heterocycles. The molecule has 0 bridgehead atoms. The number of nitrogens with zero attached hydrogens (tertiary/aromatic N) is 2. The Labute approximate surface area is 96.4 Å². The minimum Gasteiger partial charge on any atom is -0.227 e. The summed E-state index contributed by atoms with van der Waals surface area (Å²) in [5, 5.41) is -0.0990. The fourth-order valence-corrected chi connectivity index (χ4v) is 2.84. The van der Waals surface area contributed by atoms with E-state index in [9.17, 15) is 8.42 Å². The van der Waals surface area contributed by atoms with Crippen LogP contribution in [0.4, 0.5) is 0 Å². The van der Waals surface area contributed by atoms with E-state index in [1.807, 2.05) is 13.8 Å². The van der Waals surface area contributed by atoms with Crippen molar-refractivity contribution in [1.29, 1.82) is 0 Å². The lowest BCUT2D eigenvalue weighted by molar-refractivity contribution is 0.492. The van der Waals surface area contributed by atoms with Crippen LogP contribution in [-0.4, -0.2) is 24.1 Å². The van der Waals surface area contributed by atoms with Gasteiger partial charge in [0.1, 0.15) is 0 Å². The van der Waals surface area contributed by atoms with Crippen molar-refractivity contribution < 1.29 is 8.42 Å². The van der Waals surface area contributed by atoms with E-state index in [1.165, 1.54) is 12.4 Å². The van der Waals surface area contributed by atoms with Crippen molar-refractivity contribution in [3.05, 3.63) is 31.1 Å². The Bertz CT molecular complexity index is 442. The van der Waals surface area contributed by atoms with E-state index in [0.717, 1.165) is 0 Å². The van der Waals surface area contributed by atoms with Gasteiger partial charge in [-0.1, -0.05) is 19.9 Å². The molecule has 0 aliphatic rings. The van der Waals surface area contributed by atoms with Crippen LogP contribution in [-0.2, 0) is 9.84 Å². The smallest absolute Gasteiger partial charge is 0.227 e. The molecule has 5 heteroatoms. The highest BCUT2D eigenvalue weighted by molar-refractivity contribution is 7.91. The average molecular weight is 240 g/mol. The first-order valence-electron chi connectivity index (χ1n) is 5.09. The van der Waals surface area contributed by atoms with Crippen molar-refractivity contribution in [2.24, 2.45) is 11.8 Å². The molecule has 2 unspecified atom stereocenters. The van der Waals surface area contributed by atoms with Crippen molar-refractivity contribution in [1.82, 2.24) is 9.97 Å². The minimum absolute atomic E-state index is 0.00584. The molecule has 1 heterocycles. The predicted octanol–water partition coefficient (Wildman–Crippen LogP) is 1.71. The van der Waals surface area contributed by atoms with Crippen LogP contribution in [0.5, 0.6) is 0 Å². The fraction of sp³-hybridized carbons (Fsp3) is 0.455. The Balaban J connectivity index is 2.85. The average Bonchev–Trinajstić information content (AvgIpc) is 2.28. The SMILES string of the molecule is C=CC(C)C(C)CS(=O)(=O)c1ncccn1. The van der Waals surface area contributed by atoms with E-state index in [0.29, 0.717) is 0 Å². The highest BCUT2D eigenvalue weighted by Crippen LogP contribution is 2.17. The summed E-state index contributed by atoms with van der Waals surface area (Å²) < 4.78 is 23.8. The van der Waals surface area contributed by atoms with Crippen LogP contribution in [0.1, 0.15) is 13.8 Å². The Morgan fingerprint density at radius 1 is 1.38 bits per heavy atom. The zero-order valence-corrected chi connectivity index (χ0v) is 10.3. The van der Waals surface area contributed by atoms with Crippen molar-refractivity contribution in [3.63, 3.8) is 0 Å². The van der Waals surface area contributed by atoms with Crippen molar-refractivity contribution in [2.75, 3.05) is 5.75 Å². The number of hydrogen-bond acceptors (Lipinski definition) is 4. The summed E-state index contributed by atoms with van der Waals surface area (Å²) in [5.74, 6) is 0.203. The third kappa shape index (κ3) is 3.13. The third-order valence-electron chi connectivity index (χ3n) is 2.57. The minimum atomic E-state index is -3.38. The molecule has 88 valence electrons. The molecule has 1 rings (SSSR count). The molecule has 0 aliphatic heterocycles. The quantitative estimate of drug-likeness (QED) is 0.580. The van der Waals surface area contributed by atoms with Gasteiger partial charge in [-0.05, 0) is 17.9 Å². The normalized spacial score (nSPS) is 15.4. The van der Waals surface area contributed by atoms with E-state index < -0.39 is 9.84 Å². The van der Waals surface area contributed by atoms with Crippen molar-refractivity contribution in [2.45, 2.75) is 19.0 Å². The summed E-state index contributed by atoms with van der Waals surface area (Å²) >= 11 is 0. The summed E-state index contributed by atoms with van der Waals surface area (Å²) in [5.41, 5.74) is 0. The molecule has 0 radical (unpaired) electrons. The van der Waals surface area contributed by atoms with Gasteiger partial charge in [0.05, 0.1) is 5.75 Å². The maximum absolute atomic E-state index is 11.9. The molecular formula is C11H16N2O2S. The second-order valence-electron chi connectivity index (χ2n) is 3.88. The monoisotopic (exact) mass is 240 g/mol. The largest absolute Gasteiger partial charge is 0.247 e. The van der Waals surface area contributed by atoms with Gasteiger partial charge >= 0.3 is 0 Å². The van der Waals surface area contributed by atoms with Gasteiger partial charge in [-0.3, -0.25) is 0 Å². The summed E-state index contributed by atoms with van der Waals surface area (Å²) in [4.78, 5) is 7.53. The zero-order valence-electron chi connectivity index (χ0n) is 9.50. The second kappa shape index (κ2) is 5.21. The van der Waals surface area contributed by atoms with E-state index in [2.05, 4.69) is 16.5 Å². The summed E-state index contributed by atoms with van der Waals surface area (Å²) in [6.45, 7) is 7.48. The molecule has 0 amide bonds. The van der Waals surface area contributed by atoms with Crippen LogP contribution >= 0.6 is 0 Å². The first-order valence-corrected chi connectivity index (χ1v) is 6.75. The fourth-order valence-electron chi connectivity index (χ4n) is 1.25. The Morgan fingerprint density at radius 3 is 2.44 bits per heavy atom. The first kappa shape index (κ1) is 12.8. The highest BCUT2D eigenvalue weighted by atomic mass is 32.2. The molecule has 0 fully saturated rings. The van der Waals surface area contributed by atoms with Gasteiger partial charge in [0.15, 0.2) is 0 Å². The molecule has 16 heavy (non-hydrogen) atoms. The van der Waals surface area contributed by atoms with Gasteiger partial charge in [-0.2, -0.15) is 0 Å². The lowest BCUT2D eigenvalue weighted by Crippen LogP contribution is -2.20. The van der Waals surface area contributed by atoms with Gasteiger partial charge in [-0.15, -0.1) is 6.58 Å². The topological polar surface area (TPSA) is 59.9 Å². The molecular weight excluding hydrogens is 224 g/mol. The molecule has 1 aromatic rings. The number of rotatable bonds is 5. The highest BCUT2D eigenvalue weighted by Gasteiger charge is 2.23. The molecule has 0 saturated heterocycles. The van der Waals surface area contributed by atoms with Crippen LogP contribution < -0.4 is 0 Å². The Kier molecular flexibility index (Phi) is 4.18. The molecule has 0 N–H and O–H groups in total. The lowest BCUT2D eigenvalue weighted by Gasteiger charge is -2.15. The lowest BCUT2D eigenvalue weighted by atomic mass is 9.98. The molecule has 0 spiro atoms. The van der Waals surface area contributed by atoms with Crippen LogP contribution in [0, 0.1) is 11.8 Å². The van der Waals surface area contributed by atoms with Crippen molar-refractivity contribution >= 4 is 9.84 Å². The number of sulfone groups is 1.